The molecule has 2 N–H and O–H groups in total. The number of nitrogens with one attached hydrogen (secondary N) is 2. The van der Waals surface area contributed by atoms with Crippen LogP contribution in [0.1, 0.15) is 34.5 Å². The largest absolute Gasteiger partial charge is 0.345 e. The molecule has 90 valence electrons. The van der Waals surface area contributed by atoms with Gasteiger partial charge in [0.2, 0.25) is 0 Å². The third-order valence-electron chi connectivity index (χ3n) is 2.64. The van der Waals surface area contributed by atoms with Crippen LogP contribution in [0.2, 0.25) is 0 Å². The van der Waals surface area contributed by atoms with Crippen molar-refractivity contribution in [1.29, 1.82) is 5.26 Å². The normalized spacial score (nSPS) is 11.6. The Hall–Kier alpha value is -2.61. The standard InChI is InChI=1S/C13H12N4O/c1-9(12-7-15-16-8-12)17-13(18)11-4-2-10(6-14)3-5-11/h2-5,7-9H,1H3,(H,15,16)(H,17,18). The van der Waals surface area contributed by atoms with Gasteiger partial charge in [0.05, 0.1) is 23.9 Å². The van der Waals surface area contributed by atoms with Gasteiger partial charge < -0.3 is 5.32 Å². The molecule has 1 aromatic carbocycles. The summed E-state index contributed by atoms with van der Waals surface area (Å²) in [6.45, 7) is 1.88. The van der Waals surface area contributed by atoms with Gasteiger partial charge in [-0.3, -0.25) is 9.89 Å². The number of hydrogen-bond donors (Lipinski definition) is 2. The molecular formula is C13H12N4O. The number of H-pyrrole nitrogens is 1. The van der Waals surface area contributed by atoms with E-state index in [9.17, 15) is 4.79 Å². The van der Waals surface area contributed by atoms with Crippen LogP contribution in [0.25, 0.3) is 0 Å². The van der Waals surface area contributed by atoms with E-state index in [0.29, 0.717) is 11.1 Å². The number of amides is 1. The van der Waals surface area contributed by atoms with Crippen molar-refractivity contribution in [2.45, 2.75) is 13.0 Å². The quantitative estimate of drug-likeness (QED) is 0.857. The number of carbonyl (C=O) groups excluding carboxylic acids is 1. The number of aromatic amines is 1. The summed E-state index contributed by atoms with van der Waals surface area (Å²) in [6, 6.07) is 8.41. The van der Waals surface area contributed by atoms with Gasteiger partial charge >= 0.3 is 0 Å². The SMILES string of the molecule is CC(NC(=O)c1ccc(C#N)cc1)c1cn[nH]c1. The van der Waals surface area contributed by atoms with Gasteiger partial charge in [-0.1, -0.05) is 0 Å². The molecule has 1 unspecified atom stereocenters. The Bertz CT molecular complexity index is 566. The van der Waals surface area contributed by atoms with Crippen LogP contribution in [0.3, 0.4) is 0 Å². The fraction of sp³-hybridized carbons (Fsp3) is 0.154. The van der Waals surface area contributed by atoms with E-state index in [-0.39, 0.29) is 11.9 Å². The molecule has 0 bridgehead atoms. The number of rotatable bonds is 3. The minimum atomic E-state index is -0.173. The minimum Gasteiger partial charge on any atom is -0.345 e. The van der Waals surface area contributed by atoms with E-state index in [0.717, 1.165) is 5.56 Å². The minimum absolute atomic E-state index is 0.119. The van der Waals surface area contributed by atoms with Crippen LogP contribution < -0.4 is 5.32 Å². The lowest BCUT2D eigenvalue weighted by molar-refractivity contribution is 0.0940. The Labute approximate surface area is 104 Å². The van der Waals surface area contributed by atoms with Gasteiger partial charge in [-0.25, -0.2) is 0 Å². The third-order valence-corrected chi connectivity index (χ3v) is 2.64. The molecule has 5 heteroatoms. The fourth-order valence-electron chi connectivity index (χ4n) is 1.56. The first kappa shape index (κ1) is 11.9. The van der Waals surface area contributed by atoms with Crippen molar-refractivity contribution in [3.63, 3.8) is 0 Å². The molecule has 0 aliphatic heterocycles. The van der Waals surface area contributed by atoms with Crippen LogP contribution >= 0.6 is 0 Å². The lowest BCUT2D eigenvalue weighted by Crippen LogP contribution is -2.26. The maximum absolute atomic E-state index is 11.9. The van der Waals surface area contributed by atoms with Gasteiger partial charge in [0.15, 0.2) is 0 Å². The topological polar surface area (TPSA) is 81.6 Å². The maximum atomic E-state index is 11.9. The fourth-order valence-corrected chi connectivity index (χ4v) is 1.56. The summed E-state index contributed by atoms with van der Waals surface area (Å²) in [7, 11) is 0. The van der Waals surface area contributed by atoms with E-state index in [2.05, 4.69) is 15.5 Å². The van der Waals surface area contributed by atoms with Crippen LogP contribution in [-0.4, -0.2) is 16.1 Å². The molecule has 1 amide bonds. The Balaban J connectivity index is 2.05. The van der Waals surface area contributed by atoms with Crippen LogP contribution in [-0.2, 0) is 0 Å². The first-order valence-corrected chi connectivity index (χ1v) is 5.50. The van der Waals surface area contributed by atoms with E-state index in [1.54, 1.807) is 36.7 Å². The molecule has 1 heterocycles. The summed E-state index contributed by atoms with van der Waals surface area (Å²) in [4.78, 5) is 11.9. The van der Waals surface area contributed by atoms with Crippen LogP contribution in [0.5, 0.6) is 0 Å². The van der Waals surface area contributed by atoms with Crippen molar-refractivity contribution in [2.75, 3.05) is 0 Å². The van der Waals surface area contributed by atoms with Crippen molar-refractivity contribution >= 4 is 5.91 Å². The van der Waals surface area contributed by atoms with E-state index < -0.39 is 0 Å². The first-order chi connectivity index (χ1) is 8.70. The van der Waals surface area contributed by atoms with Gasteiger partial charge in [0, 0.05) is 17.3 Å². The smallest absolute Gasteiger partial charge is 0.251 e. The third kappa shape index (κ3) is 2.55. The van der Waals surface area contributed by atoms with Gasteiger partial charge in [-0.15, -0.1) is 0 Å². The van der Waals surface area contributed by atoms with Crippen molar-refractivity contribution in [1.82, 2.24) is 15.5 Å². The number of nitrogens with zero attached hydrogens (tertiary/aromatic N) is 2. The highest BCUT2D eigenvalue weighted by Crippen LogP contribution is 2.11. The molecule has 0 radical (unpaired) electrons. The second-order valence-corrected chi connectivity index (χ2v) is 3.92. The van der Waals surface area contributed by atoms with Crippen molar-refractivity contribution in [2.24, 2.45) is 0 Å². The highest BCUT2D eigenvalue weighted by Gasteiger charge is 2.11. The molecule has 1 aromatic heterocycles. The average molecular weight is 240 g/mol. The number of aromatic nitrogens is 2. The maximum Gasteiger partial charge on any atom is 0.251 e. The summed E-state index contributed by atoms with van der Waals surface area (Å²) >= 11 is 0. The molecule has 2 rings (SSSR count). The van der Waals surface area contributed by atoms with Gasteiger partial charge in [-0.05, 0) is 31.2 Å². The van der Waals surface area contributed by atoms with E-state index in [4.69, 9.17) is 5.26 Å². The molecule has 0 fully saturated rings. The summed E-state index contributed by atoms with van der Waals surface area (Å²) in [5, 5.41) is 18.1. The lowest BCUT2D eigenvalue weighted by Gasteiger charge is -2.11. The summed E-state index contributed by atoms with van der Waals surface area (Å²) in [5.41, 5.74) is 1.98. The monoisotopic (exact) mass is 240 g/mol. The predicted octanol–water partition coefficient (Wildman–Crippen LogP) is 1.77. The van der Waals surface area contributed by atoms with Gasteiger partial charge in [-0.2, -0.15) is 10.4 Å². The summed E-state index contributed by atoms with van der Waals surface area (Å²) < 4.78 is 0. The molecule has 0 aliphatic rings. The Morgan fingerprint density at radius 1 is 1.44 bits per heavy atom. The van der Waals surface area contributed by atoms with Crippen LogP contribution in [0.4, 0.5) is 0 Å². The van der Waals surface area contributed by atoms with E-state index >= 15 is 0 Å². The first-order valence-electron chi connectivity index (χ1n) is 5.50. The second kappa shape index (κ2) is 5.15. The van der Waals surface area contributed by atoms with E-state index in [1.165, 1.54) is 0 Å². The summed E-state index contributed by atoms with van der Waals surface area (Å²) in [5.74, 6) is -0.173. The zero-order chi connectivity index (χ0) is 13.0. The Kier molecular flexibility index (Phi) is 3.39. The molecule has 1 atom stereocenters. The zero-order valence-electron chi connectivity index (χ0n) is 9.84. The number of nitriles is 1. The van der Waals surface area contributed by atoms with Crippen molar-refractivity contribution in [3.05, 3.63) is 53.3 Å². The number of benzene rings is 1. The number of carbonyl (C=O) groups is 1. The molecule has 0 spiro atoms. The lowest BCUT2D eigenvalue weighted by atomic mass is 10.1. The zero-order valence-corrected chi connectivity index (χ0v) is 9.84. The van der Waals surface area contributed by atoms with Crippen molar-refractivity contribution in [3.8, 4) is 6.07 Å². The number of hydrogen-bond acceptors (Lipinski definition) is 3. The molecule has 2 aromatic rings. The Morgan fingerprint density at radius 2 is 2.17 bits per heavy atom. The molecule has 5 nitrogen and oxygen atoms in total. The Morgan fingerprint density at radius 3 is 2.72 bits per heavy atom. The van der Waals surface area contributed by atoms with Gasteiger partial charge in [0.1, 0.15) is 0 Å². The summed E-state index contributed by atoms with van der Waals surface area (Å²) in [6.07, 6.45) is 3.41. The highest BCUT2D eigenvalue weighted by atomic mass is 16.1. The molecule has 0 aliphatic carbocycles. The highest BCUT2D eigenvalue weighted by molar-refractivity contribution is 5.94. The van der Waals surface area contributed by atoms with Crippen LogP contribution in [0.15, 0.2) is 36.7 Å². The van der Waals surface area contributed by atoms with Gasteiger partial charge in [0.25, 0.3) is 5.91 Å². The molecule has 0 saturated carbocycles. The second-order valence-electron chi connectivity index (χ2n) is 3.92. The van der Waals surface area contributed by atoms with Crippen LogP contribution in [0, 0.1) is 11.3 Å². The molecular weight excluding hydrogens is 228 g/mol. The van der Waals surface area contributed by atoms with Crippen molar-refractivity contribution < 1.29 is 4.79 Å². The average Bonchev–Trinajstić information content (AvgIpc) is 2.92. The molecule has 0 saturated heterocycles. The van der Waals surface area contributed by atoms with E-state index in [1.807, 2.05) is 13.0 Å². The molecule has 18 heavy (non-hydrogen) atoms. The predicted molar refractivity (Wildman–Crippen MR) is 65.6 cm³/mol.